The van der Waals surface area contributed by atoms with E-state index in [4.69, 9.17) is 4.52 Å². The van der Waals surface area contributed by atoms with Crippen molar-refractivity contribution in [3.8, 4) is 0 Å². The molecule has 0 aliphatic heterocycles. The highest BCUT2D eigenvalue weighted by atomic mass is 19.4. The van der Waals surface area contributed by atoms with E-state index in [1.54, 1.807) is 6.92 Å². The monoisotopic (exact) mass is 371 g/mol. The molecule has 1 amide bonds. The molecule has 0 spiro atoms. The van der Waals surface area contributed by atoms with Crippen LogP contribution in [0.15, 0.2) is 28.9 Å². The summed E-state index contributed by atoms with van der Waals surface area (Å²) in [5, 5.41) is 26.2. The van der Waals surface area contributed by atoms with Gasteiger partial charge in [0.2, 0.25) is 0 Å². The van der Waals surface area contributed by atoms with E-state index < -0.39 is 41.9 Å². The van der Waals surface area contributed by atoms with Gasteiger partial charge in [-0.2, -0.15) is 13.2 Å². The summed E-state index contributed by atoms with van der Waals surface area (Å²) in [5.41, 5.74) is -0.672. The van der Waals surface area contributed by atoms with Crippen molar-refractivity contribution in [2.75, 3.05) is 0 Å². The lowest BCUT2D eigenvalue weighted by Crippen LogP contribution is -2.45. The van der Waals surface area contributed by atoms with E-state index in [9.17, 15) is 28.2 Å². The summed E-state index contributed by atoms with van der Waals surface area (Å²) in [6, 6.07) is 2.55. The first-order valence-electron chi connectivity index (χ1n) is 7.80. The van der Waals surface area contributed by atoms with Gasteiger partial charge in [-0.3, -0.25) is 9.78 Å². The molecule has 1 aliphatic rings. The third-order valence-corrected chi connectivity index (χ3v) is 4.35. The van der Waals surface area contributed by atoms with E-state index in [1.165, 1.54) is 12.1 Å². The highest BCUT2D eigenvalue weighted by Gasteiger charge is 2.44. The minimum atomic E-state index is -4.56. The Morgan fingerprint density at radius 2 is 2.08 bits per heavy atom. The number of aliphatic hydroxyl groups excluding tert-OH is 2. The van der Waals surface area contributed by atoms with Crippen LogP contribution in [0.3, 0.4) is 0 Å². The summed E-state index contributed by atoms with van der Waals surface area (Å²) in [4.78, 5) is 15.6. The third kappa shape index (κ3) is 3.56. The molecule has 0 bridgehead atoms. The molecule has 0 saturated heterocycles. The Morgan fingerprint density at radius 1 is 1.35 bits per heavy atom. The number of hydrogen-bond acceptors (Lipinski definition) is 6. The lowest BCUT2D eigenvalue weighted by Gasteiger charge is -2.23. The first-order chi connectivity index (χ1) is 12.2. The van der Waals surface area contributed by atoms with Gasteiger partial charge in [-0.15, -0.1) is 0 Å². The largest absolute Gasteiger partial charge is 0.433 e. The lowest BCUT2D eigenvalue weighted by molar-refractivity contribution is -0.141. The summed E-state index contributed by atoms with van der Waals surface area (Å²) >= 11 is 0. The van der Waals surface area contributed by atoms with Gasteiger partial charge in [0, 0.05) is 18.2 Å². The molecular formula is C16H16F3N3O4. The van der Waals surface area contributed by atoms with E-state index >= 15 is 0 Å². The Balaban J connectivity index is 1.82. The van der Waals surface area contributed by atoms with Crippen LogP contribution in [0.1, 0.15) is 39.8 Å². The summed E-state index contributed by atoms with van der Waals surface area (Å²) < 4.78 is 42.7. The minimum absolute atomic E-state index is 0.000356. The van der Waals surface area contributed by atoms with Crippen molar-refractivity contribution in [3.63, 3.8) is 0 Å². The molecule has 26 heavy (non-hydrogen) atoms. The molecule has 1 aliphatic carbocycles. The minimum Gasteiger partial charge on any atom is -0.390 e. The molecule has 140 valence electrons. The van der Waals surface area contributed by atoms with Gasteiger partial charge in [0.1, 0.15) is 17.6 Å². The molecule has 3 N–H and O–H groups in total. The number of amides is 1. The van der Waals surface area contributed by atoms with Crippen LogP contribution >= 0.6 is 0 Å². The summed E-state index contributed by atoms with van der Waals surface area (Å²) in [7, 11) is 0. The second kappa shape index (κ2) is 6.69. The van der Waals surface area contributed by atoms with Gasteiger partial charge < -0.3 is 20.1 Å². The molecule has 0 unspecified atom stereocenters. The summed E-state index contributed by atoms with van der Waals surface area (Å²) in [6.45, 7) is 1.61. The first kappa shape index (κ1) is 18.3. The van der Waals surface area contributed by atoms with E-state index in [-0.39, 0.29) is 12.1 Å². The predicted octanol–water partition coefficient (Wildman–Crippen LogP) is 1.40. The molecule has 0 radical (unpaired) electrons. The van der Waals surface area contributed by atoms with Gasteiger partial charge in [-0.25, -0.2) is 0 Å². The number of aliphatic hydroxyl groups is 2. The van der Waals surface area contributed by atoms with Crippen molar-refractivity contribution in [3.05, 3.63) is 47.1 Å². The summed E-state index contributed by atoms with van der Waals surface area (Å²) in [6.07, 6.45) is -5.87. The number of aromatic nitrogens is 2. The Morgan fingerprint density at radius 3 is 2.62 bits per heavy atom. The number of halogens is 3. The number of nitrogens with zero attached hydrogens (tertiary/aromatic N) is 2. The number of rotatable bonds is 3. The molecule has 2 aromatic rings. The van der Waals surface area contributed by atoms with Crippen LogP contribution in [0.2, 0.25) is 0 Å². The maximum Gasteiger partial charge on any atom is 0.433 e. The van der Waals surface area contributed by atoms with Crippen molar-refractivity contribution in [1.29, 1.82) is 0 Å². The second-order valence-electron chi connectivity index (χ2n) is 6.20. The third-order valence-electron chi connectivity index (χ3n) is 4.35. The van der Waals surface area contributed by atoms with Gasteiger partial charge in [0.15, 0.2) is 5.69 Å². The molecule has 2 aromatic heterocycles. The zero-order valence-electron chi connectivity index (χ0n) is 13.6. The number of pyridine rings is 1. The second-order valence-corrected chi connectivity index (χ2v) is 6.20. The van der Waals surface area contributed by atoms with Crippen LogP contribution in [0.4, 0.5) is 13.2 Å². The summed E-state index contributed by atoms with van der Waals surface area (Å²) in [5.74, 6) is -0.803. The van der Waals surface area contributed by atoms with E-state index in [1.807, 2.05) is 0 Å². The number of aryl methyl sites for hydroxylation is 1. The SMILES string of the molecule is Cc1cc(C(=O)N[C@H]2[C@H](O)[C@H](O)C[C@@H]2c2ccc(C(F)(F)F)nc2)no1. The number of hydrogen-bond donors (Lipinski definition) is 3. The molecule has 7 nitrogen and oxygen atoms in total. The first-order valence-corrected chi connectivity index (χ1v) is 7.80. The van der Waals surface area contributed by atoms with Crippen LogP contribution in [0.25, 0.3) is 0 Å². The molecule has 0 aromatic carbocycles. The Bertz CT molecular complexity index is 791. The number of carbonyl (C=O) groups excluding carboxylic acids is 1. The molecular weight excluding hydrogens is 355 g/mol. The smallest absolute Gasteiger partial charge is 0.390 e. The maximum absolute atomic E-state index is 12.6. The van der Waals surface area contributed by atoms with Crippen molar-refractivity contribution >= 4 is 5.91 Å². The fraction of sp³-hybridized carbons (Fsp3) is 0.438. The normalized spacial score (nSPS) is 26.1. The number of nitrogens with one attached hydrogen (secondary N) is 1. The van der Waals surface area contributed by atoms with E-state index in [0.717, 1.165) is 12.3 Å². The fourth-order valence-corrected chi connectivity index (χ4v) is 3.04. The molecule has 1 fully saturated rings. The van der Waals surface area contributed by atoms with Crippen molar-refractivity contribution in [2.45, 2.75) is 43.7 Å². The fourth-order valence-electron chi connectivity index (χ4n) is 3.04. The lowest BCUT2D eigenvalue weighted by atomic mass is 9.94. The quantitative estimate of drug-likeness (QED) is 0.753. The molecule has 1 saturated carbocycles. The molecule has 2 heterocycles. The van der Waals surface area contributed by atoms with Crippen LogP contribution in [0, 0.1) is 6.92 Å². The molecule has 4 atom stereocenters. The number of alkyl halides is 3. The topological polar surface area (TPSA) is 108 Å². The Kier molecular flexibility index (Phi) is 4.72. The van der Waals surface area contributed by atoms with Crippen molar-refractivity contribution < 1.29 is 32.7 Å². The maximum atomic E-state index is 12.6. The van der Waals surface area contributed by atoms with Gasteiger partial charge in [0.05, 0.1) is 12.1 Å². The zero-order chi connectivity index (χ0) is 19.1. The van der Waals surface area contributed by atoms with Crippen LogP contribution in [-0.2, 0) is 6.18 Å². The molecule has 10 heteroatoms. The Labute approximate surface area is 145 Å². The van der Waals surface area contributed by atoms with E-state index in [2.05, 4.69) is 15.5 Å². The van der Waals surface area contributed by atoms with Crippen molar-refractivity contribution in [1.82, 2.24) is 15.5 Å². The predicted molar refractivity (Wildman–Crippen MR) is 81.1 cm³/mol. The standard InChI is InChI=1S/C16H16F3N3O4/c1-7-4-10(22-26-7)15(25)21-13-9(5-11(23)14(13)24)8-2-3-12(20-6-8)16(17,18)19/h2-4,6,9,11,13-14,23-24H,5H2,1H3,(H,21,25)/t9-,11-,13-,14-/m1/s1. The van der Waals surface area contributed by atoms with Crippen molar-refractivity contribution in [2.24, 2.45) is 0 Å². The zero-order valence-corrected chi connectivity index (χ0v) is 13.6. The Hall–Kier alpha value is -2.46. The average Bonchev–Trinajstić information content (AvgIpc) is 3.13. The van der Waals surface area contributed by atoms with Gasteiger partial charge >= 0.3 is 6.18 Å². The van der Waals surface area contributed by atoms with E-state index in [0.29, 0.717) is 11.3 Å². The van der Waals surface area contributed by atoms with Gasteiger partial charge in [-0.05, 0) is 25.0 Å². The number of carbonyl (C=O) groups is 1. The van der Waals surface area contributed by atoms with Crippen LogP contribution in [-0.4, -0.2) is 44.5 Å². The van der Waals surface area contributed by atoms with Crippen LogP contribution < -0.4 is 5.32 Å². The average molecular weight is 371 g/mol. The molecule has 3 rings (SSSR count). The highest BCUT2D eigenvalue weighted by Crippen LogP contribution is 2.36. The van der Waals surface area contributed by atoms with Gasteiger partial charge in [0.25, 0.3) is 5.91 Å². The highest BCUT2D eigenvalue weighted by molar-refractivity contribution is 5.92. The van der Waals surface area contributed by atoms with Crippen LogP contribution in [0.5, 0.6) is 0 Å². The van der Waals surface area contributed by atoms with Gasteiger partial charge in [-0.1, -0.05) is 11.2 Å².